The molecule has 2 aromatic rings. The predicted octanol–water partition coefficient (Wildman–Crippen LogP) is 3.23. The molecule has 0 unspecified atom stereocenters. The van der Waals surface area contributed by atoms with E-state index in [9.17, 15) is 4.79 Å². The number of piperidine rings is 1. The molecule has 24 heavy (non-hydrogen) atoms. The quantitative estimate of drug-likeness (QED) is 0.889. The molecule has 1 aliphatic carbocycles. The Morgan fingerprint density at radius 2 is 2.25 bits per heavy atom. The Morgan fingerprint density at radius 3 is 2.92 bits per heavy atom. The van der Waals surface area contributed by atoms with Crippen molar-refractivity contribution < 1.29 is 4.79 Å². The average Bonchev–Trinajstić information content (AvgIpc) is 2.96. The number of hydrogen-bond donors (Lipinski definition) is 1. The number of thiophene rings is 1. The Labute approximate surface area is 150 Å². The van der Waals surface area contributed by atoms with Crippen LogP contribution < -0.4 is 5.32 Å². The zero-order valence-electron chi connectivity index (χ0n) is 14.0. The lowest BCUT2D eigenvalue weighted by Crippen LogP contribution is -2.39. The summed E-state index contributed by atoms with van der Waals surface area (Å²) < 4.78 is 0. The number of nitrogens with zero attached hydrogens (tertiary/aromatic N) is 2. The van der Waals surface area contributed by atoms with E-state index in [1.807, 2.05) is 12.3 Å². The van der Waals surface area contributed by atoms with Crippen molar-refractivity contribution in [2.24, 2.45) is 5.41 Å². The molecule has 1 amide bonds. The van der Waals surface area contributed by atoms with Gasteiger partial charge in [0.05, 0.1) is 17.1 Å². The van der Waals surface area contributed by atoms with Crippen LogP contribution >= 0.6 is 22.7 Å². The molecule has 0 bridgehead atoms. The van der Waals surface area contributed by atoms with Crippen LogP contribution in [0, 0.1) is 12.3 Å². The van der Waals surface area contributed by atoms with Crippen LogP contribution in [-0.4, -0.2) is 34.9 Å². The summed E-state index contributed by atoms with van der Waals surface area (Å²) in [7, 11) is 0. The second-order valence-electron chi connectivity index (χ2n) is 7.02. The number of aromatic nitrogens is 1. The van der Waals surface area contributed by atoms with Gasteiger partial charge in [0.15, 0.2) is 0 Å². The molecule has 1 saturated heterocycles. The van der Waals surface area contributed by atoms with E-state index < -0.39 is 0 Å². The third-order valence-corrected chi connectivity index (χ3v) is 6.93. The molecular weight excluding hydrogens is 338 g/mol. The molecule has 1 N–H and O–H groups in total. The maximum Gasteiger partial charge on any atom is 0.229 e. The van der Waals surface area contributed by atoms with Crippen LogP contribution in [0.1, 0.15) is 35.5 Å². The minimum atomic E-state index is 0.229. The van der Waals surface area contributed by atoms with Crippen molar-refractivity contribution in [1.29, 1.82) is 0 Å². The first kappa shape index (κ1) is 16.2. The van der Waals surface area contributed by atoms with Crippen molar-refractivity contribution in [2.75, 3.05) is 13.1 Å². The summed E-state index contributed by atoms with van der Waals surface area (Å²) in [6, 6.07) is 2.54. The number of thiazole rings is 1. The van der Waals surface area contributed by atoms with Crippen molar-refractivity contribution in [3.05, 3.63) is 38.5 Å². The Hall–Kier alpha value is -1.24. The summed E-state index contributed by atoms with van der Waals surface area (Å²) in [6.45, 7) is 4.91. The molecule has 2 fully saturated rings. The van der Waals surface area contributed by atoms with Crippen LogP contribution in [0.25, 0.3) is 0 Å². The Bertz CT molecular complexity index is 704. The number of aryl methyl sites for hydroxylation is 1. The van der Waals surface area contributed by atoms with Crippen molar-refractivity contribution in [2.45, 2.75) is 45.2 Å². The lowest BCUT2D eigenvalue weighted by atomic mass is 9.93. The molecule has 2 aliphatic rings. The molecule has 4 nitrogen and oxygen atoms in total. The predicted molar refractivity (Wildman–Crippen MR) is 98.4 cm³/mol. The van der Waals surface area contributed by atoms with E-state index in [-0.39, 0.29) is 5.91 Å². The van der Waals surface area contributed by atoms with E-state index >= 15 is 0 Å². The van der Waals surface area contributed by atoms with Crippen molar-refractivity contribution in [3.63, 3.8) is 0 Å². The minimum Gasteiger partial charge on any atom is -0.334 e. The van der Waals surface area contributed by atoms with E-state index in [1.54, 1.807) is 22.7 Å². The highest BCUT2D eigenvalue weighted by molar-refractivity contribution is 7.09. The highest BCUT2D eigenvalue weighted by Crippen LogP contribution is 2.56. The van der Waals surface area contributed by atoms with Gasteiger partial charge in [-0.3, -0.25) is 4.79 Å². The van der Waals surface area contributed by atoms with Gasteiger partial charge in [-0.1, -0.05) is 0 Å². The van der Waals surface area contributed by atoms with Gasteiger partial charge in [0.25, 0.3) is 0 Å². The van der Waals surface area contributed by atoms with E-state index in [2.05, 4.69) is 32.0 Å². The molecule has 1 saturated carbocycles. The third-order valence-electron chi connectivity index (χ3n) is 5.37. The van der Waals surface area contributed by atoms with Gasteiger partial charge in [0.1, 0.15) is 0 Å². The lowest BCUT2D eigenvalue weighted by molar-refractivity contribution is -0.132. The topological polar surface area (TPSA) is 45.2 Å². The Kier molecular flexibility index (Phi) is 4.45. The summed E-state index contributed by atoms with van der Waals surface area (Å²) in [4.78, 5) is 19.7. The van der Waals surface area contributed by atoms with Gasteiger partial charge in [-0.15, -0.1) is 11.3 Å². The molecule has 2 aromatic heterocycles. The molecular formula is C18H23N3OS2. The smallest absolute Gasteiger partial charge is 0.229 e. The van der Waals surface area contributed by atoms with Crippen molar-refractivity contribution in [1.82, 2.24) is 15.2 Å². The van der Waals surface area contributed by atoms with Gasteiger partial charge in [-0.2, -0.15) is 11.3 Å². The molecule has 3 heterocycles. The van der Waals surface area contributed by atoms with Gasteiger partial charge < -0.3 is 10.2 Å². The van der Waals surface area contributed by atoms with Crippen LogP contribution in [-0.2, 0) is 17.8 Å². The molecule has 4 rings (SSSR count). The second kappa shape index (κ2) is 6.58. The molecule has 1 spiro atoms. The van der Waals surface area contributed by atoms with Crippen LogP contribution in [0.3, 0.4) is 0 Å². The number of amides is 1. The molecule has 1 atom stereocenters. The first-order valence-corrected chi connectivity index (χ1v) is 10.4. The van der Waals surface area contributed by atoms with Crippen LogP contribution in [0.5, 0.6) is 0 Å². The molecule has 0 aromatic carbocycles. The summed E-state index contributed by atoms with van der Waals surface area (Å²) in [5, 5.41) is 10.7. The standard InChI is InChI=1S/C18H23N3OS2/c1-13-20-15(12-24-13)8-17(22)21(10-14-2-7-23-11-14)16-9-18(16)3-5-19-6-4-18/h2,7,11-12,16,19H,3-6,8-10H2,1H3/t16-/m1/s1. The van der Waals surface area contributed by atoms with Crippen molar-refractivity contribution in [3.8, 4) is 0 Å². The van der Waals surface area contributed by atoms with E-state index in [4.69, 9.17) is 0 Å². The Balaban J connectivity index is 1.51. The van der Waals surface area contributed by atoms with Crippen LogP contribution in [0.2, 0.25) is 0 Å². The lowest BCUT2D eigenvalue weighted by Gasteiger charge is -2.29. The average molecular weight is 362 g/mol. The highest BCUT2D eigenvalue weighted by atomic mass is 32.1. The van der Waals surface area contributed by atoms with Gasteiger partial charge in [0, 0.05) is 18.0 Å². The van der Waals surface area contributed by atoms with Crippen LogP contribution in [0.4, 0.5) is 0 Å². The number of carbonyl (C=O) groups is 1. The first-order valence-electron chi connectivity index (χ1n) is 8.59. The largest absolute Gasteiger partial charge is 0.334 e. The molecule has 0 radical (unpaired) electrons. The number of nitrogens with one attached hydrogen (secondary N) is 1. The Morgan fingerprint density at radius 1 is 1.42 bits per heavy atom. The SMILES string of the molecule is Cc1nc(CC(=O)N(Cc2ccsc2)[C@@H]2CC23CCNCC3)cs1. The van der Waals surface area contributed by atoms with Gasteiger partial charge in [-0.05, 0) is 67.1 Å². The van der Waals surface area contributed by atoms with Crippen molar-refractivity contribution >= 4 is 28.6 Å². The zero-order valence-corrected chi connectivity index (χ0v) is 15.6. The zero-order chi connectivity index (χ0) is 16.6. The van der Waals surface area contributed by atoms with E-state index in [0.717, 1.165) is 30.3 Å². The fourth-order valence-electron chi connectivity index (χ4n) is 3.93. The maximum absolute atomic E-state index is 13.0. The normalized spacial score (nSPS) is 21.8. The van der Waals surface area contributed by atoms with Gasteiger partial charge in [-0.25, -0.2) is 4.98 Å². The maximum atomic E-state index is 13.0. The number of hydrogen-bond acceptors (Lipinski definition) is 5. The monoisotopic (exact) mass is 361 g/mol. The number of rotatable bonds is 5. The first-order chi connectivity index (χ1) is 11.7. The minimum absolute atomic E-state index is 0.229. The highest BCUT2D eigenvalue weighted by Gasteiger charge is 2.57. The summed E-state index contributed by atoms with van der Waals surface area (Å²) >= 11 is 3.32. The van der Waals surface area contributed by atoms with E-state index in [1.165, 1.54) is 24.8 Å². The number of carbonyl (C=O) groups excluding carboxylic acids is 1. The summed E-state index contributed by atoms with van der Waals surface area (Å²) in [6.07, 6.45) is 3.99. The van der Waals surface area contributed by atoms with Gasteiger partial charge in [0.2, 0.25) is 5.91 Å². The fourth-order valence-corrected chi connectivity index (χ4v) is 5.20. The fraction of sp³-hybridized carbons (Fsp3) is 0.556. The van der Waals surface area contributed by atoms with Crippen LogP contribution in [0.15, 0.2) is 22.2 Å². The second-order valence-corrected chi connectivity index (χ2v) is 8.86. The summed E-state index contributed by atoms with van der Waals surface area (Å²) in [5.74, 6) is 0.229. The van der Waals surface area contributed by atoms with E-state index in [0.29, 0.717) is 17.9 Å². The summed E-state index contributed by atoms with van der Waals surface area (Å²) in [5.41, 5.74) is 2.53. The molecule has 1 aliphatic heterocycles. The molecule has 128 valence electrons. The molecule has 6 heteroatoms. The third kappa shape index (κ3) is 3.27. The van der Waals surface area contributed by atoms with Gasteiger partial charge >= 0.3 is 0 Å².